The summed E-state index contributed by atoms with van der Waals surface area (Å²) in [5.74, 6) is -6.08. The van der Waals surface area contributed by atoms with Gasteiger partial charge in [-0.25, -0.2) is 31.9 Å². The highest BCUT2D eigenvalue weighted by Crippen LogP contribution is 2.41. The van der Waals surface area contributed by atoms with Crippen LogP contribution in [0.15, 0.2) is 18.5 Å². The molecule has 2 aliphatic rings. The number of hydrogen-bond donors (Lipinski definition) is 3. The van der Waals surface area contributed by atoms with Crippen molar-refractivity contribution in [1.29, 1.82) is 0 Å². The Hall–Kier alpha value is -2.51. The maximum atomic E-state index is 13.9. The number of rotatable bonds is 11. The van der Waals surface area contributed by atoms with Crippen molar-refractivity contribution in [2.75, 3.05) is 19.7 Å². The van der Waals surface area contributed by atoms with E-state index in [2.05, 4.69) is 20.7 Å². The van der Waals surface area contributed by atoms with Gasteiger partial charge in [0.25, 0.3) is 5.92 Å². The minimum Gasteiger partial charge on any atom is -0.444 e. The second-order valence-electron chi connectivity index (χ2n) is 11.6. The fourth-order valence-electron chi connectivity index (χ4n) is 4.60. The van der Waals surface area contributed by atoms with Crippen LogP contribution in [0.2, 0.25) is 0 Å². The van der Waals surface area contributed by atoms with Crippen LogP contribution in [-0.2, 0) is 9.47 Å². The average Bonchev–Trinajstić information content (AvgIpc) is 3.58. The van der Waals surface area contributed by atoms with Crippen LogP contribution in [0.1, 0.15) is 82.6 Å². The number of hydrogen-bond acceptors (Lipinski definition) is 7. The molecule has 1 amide bonds. The highest BCUT2D eigenvalue weighted by molar-refractivity contribution is 5.68. The summed E-state index contributed by atoms with van der Waals surface area (Å²) in [6.45, 7) is 3.98. The Bertz CT molecular complexity index is 1120. The smallest absolute Gasteiger partial charge is 0.408 e. The third-order valence-electron chi connectivity index (χ3n) is 6.92. The van der Waals surface area contributed by atoms with Gasteiger partial charge in [0.2, 0.25) is 5.92 Å². The van der Waals surface area contributed by atoms with Crippen LogP contribution in [0.4, 0.5) is 22.4 Å². The summed E-state index contributed by atoms with van der Waals surface area (Å²) >= 11 is 0. The summed E-state index contributed by atoms with van der Waals surface area (Å²) in [5.41, 5.74) is 5.92. The number of halogens is 4. The summed E-state index contributed by atoms with van der Waals surface area (Å²) in [5, 5.41) is 10.1. The quantitative estimate of drug-likeness (QED) is 0.347. The molecule has 2 heterocycles. The molecule has 4 N–H and O–H groups in total. The molecule has 2 aromatic rings. The number of nitrogens with zero attached hydrogens (tertiary/aromatic N) is 3. The molecule has 2 fully saturated rings. The first-order valence-electron chi connectivity index (χ1n) is 13.4. The highest BCUT2D eigenvalue weighted by atomic mass is 19.3. The van der Waals surface area contributed by atoms with Crippen LogP contribution < -0.4 is 16.4 Å². The fraction of sp³-hybridized carbons (Fsp3) is 0.731. The number of nitrogens with one attached hydrogen (secondary N) is 2. The van der Waals surface area contributed by atoms with Gasteiger partial charge in [0.1, 0.15) is 5.60 Å². The molecule has 0 aromatic carbocycles. The van der Waals surface area contributed by atoms with Gasteiger partial charge in [0.15, 0.2) is 5.65 Å². The number of aromatic nitrogens is 3. The highest BCUT2D eigenvalue weighted by Gasteiger charge is 2.40. The molecule has 13 heteroatoms. The number of imidazole rings is 1. The molecule has 218 valence electrons. The Morgan fingerprint density at radius 3 is 2.54 bits per heavy atom. The molecule has 39 heavy (non-hydrogen) atoms. The minimum atomic E-state index is -3.08. The van der Waals surface area contributed by atoms with Gasteiger partial charge in [-0.05, 0) is 64.0 Å². The van der Waals surface area contributed by atoms with Gasteiger partial charge in [0.05, 0.1) is 56.0 Å². The van der Waals surface area contributed by atoms with Gasteiger partial charge in [-0.2, -0.15) is 5.10 Å². The molecule has 2 aromatic heterocycles. The molecule has 0 bridgehead atoms. The molecule has 9 nitrogen and oxygen atoms in total. The predicted molar refractivity (Wildman–Crippen MR) is 136 cm³/mol. The number of alkyl carbamates (subject to hydrolysis) is 1. The zero-order chi connectivity index (χ0) is 28.4. The topological polar surface area (TPSA) is 116 Å². The second kappa shape index (κ2) is 11.5. The lowest BCUT2D eigenvalue weighted by molar-refractivity contribution is -0.0500. The van der Waals surface area contributed by atoms with E-state index < -0.39 is 48.7 Å². The number of carbonyl (C=O) groups excluding carboxylic acids is 1. The van der Waals surface area contributed by atoms with E-state index in [9.17, 15) is 22.4 Å². The van der Waals surface area contributed by atoms with Gasteiger partial charge < -0.3 is 25.8 Å². The normalized spacial score (nSPS) is 20.1. The van der Waals surface area contributed by atoms with Crippen LogP contribution in [0, 0.1) is 5.92 Å². The molecule has 0 saturated heterocycles. The van der Waals surface area contributed by atoms with Gasteiger partial charge >= 0.3 is 6.09 Å². The first-order valence-corrected chi connectivity index (χ1v) is 13.4. The van der Waals surface area contributed by atoms with Crippen LogP contribution in [0.25, 0.3) is 5.65 Å². The third kappa shape index (κ3) is 8.49. The molecule has 0 aliphatic heterocycles. The summed E-state index contributed by atoms with van der Waals surface area (Å²) in [6.07, 6.45) is 4.38. The standard InChI is InChI=1S/C26H38F4N6O3/c1-24(2,3)39-23(37)35-22(16-6-8-25(27,28)9-7-16)19-12-36-21(34-19)10-17(11-33-36)20(13-38-18-4-5-18)32-15-26(29,30)14-31/h10-12,16,18,20,22,32H,4-9,13-15,31H2,1-3H3,(H,35,37)/t20-,22+/m1/s1. The fourth-order valence-corrected chi connectivity index (χ4v) is 4.60. The maximum absolute atomic E-state index is 13.9. The van der Waals surface area contributed by atoms with Crippen molar-refractivity contribution in [3.63, 3.8) is 0 Å². The van der Waals surface area contributed by atoms with Crippen molar-refractivity contribution >= 4 is 11.7 Å². The number of nitrogens with two attached hydrogens (primary N) is 1. The van der Waals surface area contributed by atoms with Gasteiger partial charge in [-0.1, -0.05) is 0 Å². The van der Waals surface area contributed by atoms with Crippen LogP contribution in [0.5, 0.6) is 0 Å². The maximum Gasteiger partial charge on any atom is 0.408 e. The van der Waals surface area contributed by atoms with Gasteiger partial charge in [-0.15, -0.1) is 0 Å². The number of alkyl halides is 4. The van der Waals surface area contributed by atoms with Crippen LogP contribution >= 0.6 is 0 Å². The lowest BCUT2D eigenvalue weighted by Gasteiger charge is -2.33. The van der Waals surface area contributed by atoms with Crippen molar-refractivity contribution in [2.24, 2.45) is 11.7 Å². The molecule has 2 aliphatic carbocycles. The van der Waals surface area contributed by atoms with E-state index in [0.29, 0.717) is 16.9 Å². The van der Waals surface area contributed by atoms with Crippen molar-refractivity contribution in [1.82, 2.24) is 25.2 Å². The SMILES string of the molecule is CC(C)(C)OC(=O)N[C@H](c1cn2ncc([C@@H](COC3CC3)NCC(F)(F)CN)cc2n1)C1CCC(F)(F)CC1. The van der Waals surface area contributed by atoms with E-state index in [1.807, 2.05) is 0 Å². The van der Waals surface area contributed by atoms with Crippen molar-refractivity contribution in [2.45, 2.75) is 94.9 Å². The number of carbonyl (C=O) groups is 1. The van der Waals surface area contributed by atoms with E-state index in [0.717, 1.165) is 12.8 Å². The molecule has 2 atom stereocenters. The first kappa shape index (κ1) is 29.5. The van der Waals surface area contributed by atoms with E-state index in [1.54, 1.807) is 39.2 Å². The molecule has 4 rings (SSSR count). The predicted octanol–water partition coefficient (Wildman–Crippen LogP) is 4.52. The Kier molecular flexibility index (Phi) is 8.72. The number of ether oxygens (including phenoxy) is 2. The van der Waals surface area contributed by atoms with E-state index in [-0.39, 0.29) is 44.3 Å². The largest absolute Gasteiger partial charge is 0.444 e. The van der Waals surface area contributed by atoms with Gasteiger partial charge in [0, 0.05) is 12.8 Å². The lowest BCUT2D eigenvalue weighted by atomic mass is 9.81. The van der Waals surface area contributed by atoms with E-state index >= 15 is 0 Å². The summed E-state index contributed by atoms with van der Waals surface area (Å²) in [4.78, 5) is 17.3. The van der Waals surface area contributed by atoms with Gasteiger partial charge in [-0.3, -0.25) is 0 Å². The van der Waals surface area contributed by atoms with Crippen molar-refractivity contribution in [3.05, 3.63) is 29.7 Å². The van der Waals surface area contributed by atoms with E-state index in [1.165, 1.54) is 4.52 Å². The Morgan fingerprint density at radius 1 is 1.23 bits per heavy atom. The molecule has 0 unspecified atom stereocenters. The first-order chi connectivity index (χ1) is 18.2. The number of fused-ring (bicyclic) bond motifs is 1. The third-order valence-corrected chi connectivity index (χ3v) is 6.92. The zero-order valence-corrected chi connectivity index (χ0v) is 22.6. The molecular weight excluding hydrogens is 520 g/mol. The monoisotopic (exact) mass is 558 g/mol. The van der Waals surface area contributed by atoms with Crippen molar-refractivity contribution in [3.8, 4) is 0 Å². The Morgan fingerprint density at radius 2 is 1.92 bits per heavy atom. The summed E-state index contributed by atoms with van der Waals surface area (Å²) in [7, 11) is 0. The van der Waals surface area contributed by atoms with E-state index in [4.69, 9.17) is 15.2 Å². The Balaban J connectivity index is 1.58. The summed E-state index contributed by atoms with van der Waals surface area (Å²) < 4.78 is 68.2. The molecule has 2 saturated carbocycles. The second-order valence-corrected chi connectivity index (χ2v) is 11.6. The molecule has 0 radical (unpaired) electrons. The Labute approximate surface area is 225 Å². The average molecular weight is 559 g/mol. The number of amides is 1. The molecular formula is C26H38F4N6O3. The van der Waals surface area contributed by atoms with Crippen molar-refractivity contribution < 1.29 is 31.8 Å². The lowest BCUT2D eigenvalue weighted by Crippen LogP contribution is -2.41. The molecule has 0 spiro atoms. The zero-order valence-electron chi connectivity index (χ0n) is 22.6. The van der Waals surface area contributed by atoms with Crippen LogP contribution in [-0.4, -0.2) is 63.9 Å². The van der Waals surface area contributed by atoms with Crippen LogP contribution in [0.3, 0.4) is 0 Å². The summed E-state index contributed by atoms with van der Waals surface area (Å²) in [6, 6.07) is 0.471. The minimum absolute atomic E-state index is 0.126.